The van der Waals surface area contributed by atoms with Crippen LogP contribution in [-0.4, -0.2) is 7.11 Å². The smallest absolute Gasteiger partial charge is 0.188 e. The van der Waals surface area contributed by atoms with Crippen molar-refractivity contribution in [2.45, 2.75) is 0 Å². The van der Waals surface area contributed by atoms with Crippen molar-refractivity contribution >= 4 is 44.0 Å². The van der Waals surface area contributed by atoms with Gasteiger partial charge in [-0.25, -0.2) is 4.39 Å². The number of hydrogen-bond donors (Lipinski definition) is 0. The van der Waals surface area contributed by atoms with Gasteiger partial charge in [-0.1, -0.05) is 11.3 Å². The highest BCUT2D eigenvalue weighted by molar-refractivity contribution is 14.1. The molecule has 0 unspecified atom stereocenters. The lowest BCUT2D eigenvalue weighted by atomic mass is 10.2. The molecule has 0 radical (unpaired) electrons. The minimum atomic E-state index is -0.201. The maximum absolute atomic E-state index is 12.8. The van der Waals surface area contributed by atoms with Crippen LogP contribution in [0.5, 0.6) is 5.06 Å². The Morgan fingerprint density at radius 3 is 2.92 bits per heavy atom. The van der Waals surface area contributed by atoms with Gasteiger partial charge < -0.3 is 4.74 Å². The fraction of sp³-hybridized carbons (Fsp3) is 0.111. The van der Waals surface area contributed by atoms with Gasteiger partial charge in [0.15, 0.2) is 5.06 Å². The standard InChI is InChI=1S/C9H6FIOS/c1-12-9-8(11)6-3-2-5(10)4-7(6)13-9/h2-4H,1H3. The zero-order chi connectivity index (χ0) is 9.42. The van der Waals surface area contributed by atoms with E-state index in [0.717, 1.165) is 18.7 Å². The van der Waals surface area contributed by atoms with Gasteiger partial charge >= 0.3 is 0 Å². The zero-order valence-corrected chi connectivity index (χ0v) is 9.78. The van der Waals surface area contributed by atoms with Gasteiger partial charge in [0.1, 0.15) is 5.82 Å². The second-order valence-electron chi connectivity index (χ2n) is 2.55. The first kappa shape index (κ1) is 9.21. The van der Waals surface area contributed by atoms with E-state index in [0.29, 0.717) is 0 Å². The number of ether oxygens (including phenoxy) is 1. The molecule has 0 atom stereocenters. The van der Waals surface area contributed by atoms with Crippen molar-refractivity contribution < 1.29 is 9.13 Å². The van der Waals surface area contributed by atoms with Crippen molar-refractivity contribution in [1.82, 2.24) is 0 Å². The van der Waals surface area contributed by atoms with Crippen molar-refractivity contribution in [3.63, 3.8) is 0 Å². The van der Waals surface area contributed by atoms with Gasteiger partial charge in [0.2, 0.25) is 0 Å². The third kappa shape index (κ3) is 1.52. The van der Waals surface area contributed by atoms with E-state index in [2.05, 4.69) is 22.6 Å². The lowest BCUT2D eigenvalue weighted by Gasteiger charge is -1.92. The second kappa shape index (κ2) is 3.42. The highest BCUT2D eigenvalue weighted by atomic mass is 127. The first-order valence-corrected chi connectivity index (χ1v) is 5.53. The molecule has 2 aromatic rings. The van der Waals surface area contributed by atoms with E-state index in [-0.39, 0.29) is 5.82 Å². The number of rotatable bonds is 1. The summed E-state index contributed by atoms with van der Waals surface area (Å²) < 4.78 is 20.0. The maximum atomic E-state index is 12.8. The molecule has 0 saturated heterocycles. The molecule has 0 saturated carbocycles. The molecule has 0 aliphatic heterocycles. The molecule has 1 aromatic carbocycles. The fourth-order valence-electron chi connectivity index (χ4n) is 1.15. The summed E-state index contributed by atoms with van der Waals surface area (Å²) in [6.45, 7) is 0. The van der Waals surface area contributed by atoms with Crippen LogP contribution in [0.4, 0.5) is 4.39 Å². The molecule has 2 rings (SSSR count). The molecular weight excluding hydrogens is 302 g/mol. The molecule has 0 amide bonds. The SMILES string of the molecule is COc1sc2cc(F)ccc2c1I. The maximum Gasteiger partial charge on any atom is 0.188 e. The molecule has 1 aromatic heterocycles. The monoisotopic (exact) mass is 308 g/mol. The summed E-state index contributed by atoms with van der Waals surface area (Å²) in [4.78, 5) is 0. The van der Waals surface area contributed by atoms with E-state index in [1.807, 2.05) is 0 Å². The number of methoxy groups -OCH3 is 1. The quantitative estimate of drug-likeness (QED) is 0.731. The summed E-state index contributed by atoms with van der Waals surface area (Å²) in [5.41, 5.74) is 0. The molecule has 68 valence electrons. The Kier molecular flexibility index (Phi) is 2.42. The molecule has 0 aliphatic carbocycles. The lowest BCUT2D eigenvalue weighted by molar-refractivity contribution is 0.425. The molecule has 0 spiro atoms. The van der Waals surface area contributed by atoms with Crippen molar-refractivity contribution in [2.75, 3.05) is 7.11 Å². The minimum Gasteiger partial charge on any atom is -0.486 e. The molecule has 0 bridgehead atoms. The Morgan fingerprint density at radius 2 is 2.23 bits per heavy atom. The van der Waals surface area contributed by atoms with Crippen LogP contribution in [0.3, 0.4) is 0 Å². The van der Waals surface area contributed by atoms with Crippen molar-refractivity contribution in [3.05, 3.63) is 27.6 Å². The van der Waals surface area contributed by atoms with Crippen molar-refractivity contribution in [1.29, 1.82) is 0 Å². The second-order valence-corrected chi connectivity index (χ2v) is 4.64. The highest BCUT2D eigenvalue weighted by Gasteiger charge is 2.09. The van der Waals surface area contributed by atoms with Gasteiger partial charge in [0, 0.05) is 10.1 Å². The van der Waals surface area contributed by atoms with Gasteiger partial charge in [-0.15, -0.1) is 0 Å². The number of fused-ring (bicyclic) bond motifs is 1. The summed E-state index contributed by atoms with van der Waals surface area (Å²) >= 11 is 3.68. The zero-order valence-electron chi connectivity index (χ0n) is 6.80. The number of benzene rings is 1. The average molecular weight is 308 g/mol. The summed E-state index contributed by atoms with van der Waals surface area (Å²) in [6.07, 6.45) is 0. The van der Waals surface area contributed by atoms with Crippen LogP contribution in [0, 0.1) is 9.39 Å². The molecule has 0 N–H and O–H groups in total. The topological polar surface area (TPSA) is 9.23 Å². The summed E-state index contributed by atoms with van der Waals surface area (Å²) in [7, 11) is 1.63. The van der Waals surface area contributed by atoms with Crippen molar-refractivity contribution in [3.8, 4) is 5.06 Å². The van der Waals surface area contributed by atoms with Crippen LogP contribution in [0.15, 0.2) is 18.2 Å². The van der Waals surface area contributed by atoms with E-state index < -0.39 is 0 Å². The van der Waals surface area contributed by atoms with Gasteiger partial charge in [-0.05, 0) is 40.8 Å². The Morgan fingerprint density at radius 1 is 1.46 bits per heavy atom. The third-order valence-electron chi connectivity index (χ3n) is 1.75. The minimum absolute atomic E-state index is 0.201. The predicted molar refractivity (Wildman–Crippen MR) is 61.1 cm³/mol. The largest absolute Gasteiger partial charge is 0.486 e. The highest BCUT2D eigenvalue weighted by Crippen LogP contribution is 2.38. The van der Waals surface area contributed by atoms with Crippen molar-refractivity contribution in [2.24, 2.45) is 0 Å². The normalized spacial score (nSPS) is 10.7. The van der Waals surface area contributed by atoms with E-state index in [9.17, 15) is 4.39 Å². The van der Waals surface area contributed by atoms with Gasteiger partial charge in [-0.2, -0.15) is 0 Å². The van der Waals surface area contributed by atoms with E-state index in [4.69, 9.17) is 4.74 Å². The van der Waals surface area contributed by atoms with E-state index in [1.54, 1.807) is 13.2 Å². The van der Waals surface area contributed by atoms with Crippen LogP contribution < -0.4 is 4.74 Å². The first-order valence-electron chi connectivity index (χ1n) is 3.64. The van der Waals surface area contributed by atoms with Crippen LogP contribution in [0.25, 0.3) is 10.1 Å². The molecule has 0 fully saturated rings. The summed E-state index contributed by atoms with van der Waals surface area (Å²) in [5, 5.41) is 1.91. The molecule has 13 heavy (non-hydrogen) atoms. The molecule has 4 heteroatoms. The summed E-state index contributed by atoms with van der Waals surface area (Å²) in [5.74, 6) is -0.201. The Bertz CT molecular complexity index is 452. The third-order valence-corrected chi connectivity index (χ3v) is 4.30. The van der Waals surface area contributed by atoms with Gasteiger partial charge in [0.05, 0.1) is 10.7 Å². The Balaban J connectivity index is 2.76. The van der Waals surface area contributed by atoms with Gasteiger partial charge in [0.25, 0.3) is 0 Å². The Labute approximate surface area is 92.7 Å². The number of halogens is 2. The number of hydrogen-bond acceptors (Lipinski definition) is 2. The first-order chi connectivity index (χ1) is 6.22. The lowest BCUT2D eigenvalue weighted by Crippen LogP contribution is -1.78. The van der Waals surface area contributed by atoms with E-state index in [1.165, 1.54) is 23.5 Å². The fourth-order valence-corrected chi connectivity index (χ4v) is 3.29. The molecule has 1 nitrogen and oxygen atoms in total. The van der Waals surface area contributed by atoms with Gasteiger partial charge in [-0.3, -0.25) is 0 Å². The van der Waals surface area contributed by atoms with Crippen LogP contribution in [0.2, 0.25) is 0 Å². The van der Waals surface area contributed by atoms with Crippen LogP contribution in [-0.2, 0) is 0 Å². The predicted octanol–water partition coefficient (Wildman–Crippen LogP) is 3.65. The van der Waals surface area contributed by atoms with Crippen LogP contribution in [0.1, 0.15) is 0 Å². The summed E-state index contributed by atoms with van der Waals surface area (Å²) in [6, 6.07) is 4.78. The molecular formula is C9H6FIOS. The number of thiophene rings is 1. The average Bonchev–Trinajstić information content (AvgIpc) is 2.42. The Hall–Kier alpha value is -0.360. The van der Waals surface area contributed by atoms with E-state index >= 15 is 0 Å². The van der Waals surface area contributed by atoms with Crippen LogP contribution >= 0.6 is 33.9 Å². The molecule has 1 heterocycles. The molecule has 0 aliphatic rings.